The summed E-state index contributed by atoms with van der Waals surface area (Å²) < 4.78 is 5.58. The molecule has 0 unspecified atom stereocenters. The molecule has 14 heavy (non-hydrogen) atoms. The van der Waals surface area contributed by atoms with E-state index in [1.54, 1.807) is 0 Å². The van der Waals surface area contributed by atoms with Crippen molar-refractivity contribution >= 4 is 11.0 Å². The van der Waals surface area contributed by atoms with Gasteiger partial charge in [0.2, 0.25) is 0 Å². The third kappa shape index (κ3) is 1.71. The van der Waals surface area contributed by atoms with E-state index in [-0.39, 0.29) is 6.10 Å². The summed E-state index contributed by atoms with van der Waals surface area (Å²) in [5, 5.41) is 0. The summed E-state index contributed by atoms with van der Waals surface area (Å²) in [4.78, 5) is 7.50. The maximum absolute atomic E-state index is 5.58. The summed E-state index contributed by atoms with van der Waals surface area (Å²) in [6.45, 7) is 5.98. The van der Waals surface area contributed by atoms with E-state index in [1.807, 2.05) is 39.0 Å². The van der Waals surface area contributed by atoms with Crippen LogP contribution >= 0.6 is 0 Å². The van der Waals surface area contributed by atoms with Crippen LogP contribution in [0.3, 0.4) is 0 Å². The third-order valence-corrected chi connectivity index (χ3v) is 1.94. The van der Waals surface area contributed by atoms with Crippen LogP contribution in [-0.2, 0) is 0 Å². The van der Waals surface area contributed by atoms with Gasteiger partial charge in [0.05, 0.1) is 17.1 Å². The van der Waals surface area contributed by atoms with Gasteiger partial charge in [0.25, 0.3) is 0 Å². The number of hydrogen-bond donors (Lipinski definition) is 1. The van der Waals surface area contributed by atoms with E-state index in [1.165, 1.54) is 0 Å². The van der Waals surface area contributed by atoms with Crippen LogP contribution in [0.1, 0.15) is 19.7 Å². The average molecular weight is 190 g/mol. The fraction of sp³-hybridized carbons (Fsp3) is 0.364. The Labute approximate surface area is 83.1 Å². The lowest BCUT2D eigenvalue weighted by atomic mass is 10.3. The van der Waals surface area contributed by atoms with Gasteiger partial charge < -0.3 is 9.72 Å². The second kappa shape index (κ2) is 3.33. The summed E-state index contributed by atoms with van der Waals surface area (Å²) in [6.07, 6.45) is 0.205. The Balaban J connectivity index is 2.40. The van der Waals surface area contributed by atoms with Gasteiger partial charge in [0, 0.05) is 6.07 Å². The summed E-state index contributed by atoms with van der Waals surface area (Å²) in [7, 11) is 0. The van der Waals surface area contributed by atoms with E-state index >= 15 is 0 Å². The highest BCUT2D eigenvalue weighted by Crippen LogP contribution is 2.19. The van der Waals surface area contributed by atoms with Gasteiger partial charge in [0.1, 0.15) is 11.6 Å². The second-order valence-corrected chi connectivity index (χ2v) is 3.67. The zero-order chi connectivity index (χ0) is 10.1. The fourth-order valence-electron chi connectivity index (χ4n) is 1.46. The van der Waals surface area contributed by atoms with Crippen LogP contribution < -0.4 is 4.74 Å². The number of nitrogens with one attached hydrogen (secondary N) is 1. The SMILES string of the molecule is Cc1nc2ccc(OC(C)C)cc2[nH]1. The van der Waals surface area contributed by atoms with E-state index in [9.17, 15) is 0 Å². The second-order valence-electron chi connectivity index (χ2n) is 3.67. The fourth-order valence-corrected chi connectivity index (χ4v) is 1.46. The van der Waals surface area contributed by atoms with Crippen LogP contribution in [0.2, 0.25) is 0 Å². The minimum Gasteiger partial charge on any atom is -0.491 e. The molecule has 0 saturated heterocycles. The van der Waals surface area contributed by atoms with Crippen LogP contribution in [0, 0.1) is 6.92 Å². The molecular formula is C11H14N2O. The Morgan fingerprint density at radius 3 is 2.86 bits per heavy atom. The Kier molecular flexibility index (Phi) is 2.15. The molecule has 0 aliphatic carbocycles. The Morgan fingerprint density at radius 1 is 1.36 bits per heavy atom. The molecule has 0 atom stereocenters. The van der Waals surface area contributed by atoms with Crippen molar-refractivity contribution in [1.29, 1.82) is 0 Å². The Hall–Kier alpha value is -1.51. The molecule has 3 heteroatoms. The average Bonchev–Trinajstić information content (AvgIpc) is 2.42. The van der Waals surface area contributed by atoms with Gasteiger partial charge in [-0.05, 0) is 32.9 Å². The molecule has 1 aromatic carbocycles. The predicted molar refractivity (Wildman–Crippen MR) is 56.6 cm³/mol. The van der Waals surface area contributed by atoms with Crippen molar-refractivity contribution < 1.29 is 4.74 Å². The maximum atomic E-state index is 5.58. The van der Waals surface area contributed by atoms with Crippen LogP contribution in [0.5, 0.6) is 5.75 Å². The molecule has 74 valence electrons. The van der Waals surface area contributed by atoms with Crippen molar-refractivity contribution in [2.45, 2.75) is 26.9 Å². The monoisotopic (exact) mass is 190 g/mol. The molecule has 2 aromatic rings. The highest BCUT2D eigenvalue weighted by Gasteiger charge is 2.02. The molecule has 0 amide bonds. The van der Waals surface area contributed by atoms with Gasteiger partial charge in [-0.15, -0.1) is 0 Å². The first kappa shape index (κ1) is 9.06. The number of aromatic amines is 1. The number of ether oxygens (including phenoxy) is 1. The standard InChI is InChI=1S/C11H14N2O/c1-7(2)14-9-4-5-10-11(6-9)13-8(3)12-10/h4-7H,1-3H3,(H,12,13). The zero-order valence-corrected chi connectivity index (χ0v) is 8.66. The van der Waals surface area contributed by atoms with E-state index in [2.05, 4.69) is 9.97 Å². The van der Waals surface area contributed by atoms with Crippen LogP contribution in [-0.4, -0.2) is 16.1 Å². The molecule has 0 aliphatic heterocycles. The van der Waals surface area contributed by atoms with Crippen LogP contribution in [0.15, 0.2) is 18.2 Å². The van der Waals surface area contributed by atoms with E-state index in [0.29, 0.717) is 0 Å². The lowest BCUT2D eigenvalue weighted by molar-refractivity contribution is 0.242. The zero-order valence-electron chi connectivity index (χ0n) is 8.66. The molecule has 3 nitrogen and oxygen atoms in total. The molecule has 1 heterocycles. The quantitative estimate of drug-likeness (QED) is 0.790. The number of imidazole rings is 1. The Morgan fingerprint density at radius 2 is 2.14 bits per heavy atom. The van der Waals surface area contributed by atoms with Gasteiger partial charge in [-0.1, -0.05) is 0 Å². The van der Waals surface area contributed by atoms with E-state index in [0.717, 1.165) is 22.6 Å². The third-order valence-electron chi connectivity index (χ3n) is 1.94. The van der Waals surface area contributed by atoms with E-state index in [4.69, 9.17) is 4.74 Å². The number of aryl methyl sites for hydroxylation is 1. The first-order valence-corrected chi connectivity index (χ1v) is 4.78. The number of benzene rings is 1. The summed E-state index contributed by atoms with van der Waals surface area (Å²) in [5.74, 6) is 1.82. The van der Waals surface area contributed by atoms with Crippen molar-refractivity contribution in [2.24, 2.45) is 0 Å². The van der Waals surface area contributed by atoms with Gasteiger partial charge in [-0.25, -0.2) is 4.98 Å². The number of hydrogen-bond acceptors (Lipinski definition) is 2. The van der Waals surface area contributed by atoms with Crippen molar-refractivity contribution in [3.05, 3.63) is 24.0 Å². The van der Waals surface area contributed by atoms with Crippen molar-refractivity contribution in [3.8, 4) is 5.75 Å². The molecule has 2 rings (SSSR count). The number of aromatic nitrogens is 2. The minimum absolute atomic E-state index is 0.205. The van der Waals surface area contributed by atoms with Gasteiger partial charge in [-0.3, -0.25) is 0 Å². The molecule has 0 spiro atoms. The molecule has 0 aliphatic rings. The molecule has 1 N–H and O–H groups in total. The number of nitrogens with zero attached hydrogens (tertiary/aromatic N) is 1. The molecule has 0 radical (unpaired) electrons. The Bertz CT molecular complexity index is 445. The predicted octanol–water partition coefficient (Wildman–Crippen LogP) is 2.66. The van der Waals surface area contributed by atoms with Crippen molar-refractivity contribution in [3.63, 3.8) is 0 Å². The highest BCUT2D eigenvalue weighted by atomic mass is 16.5. The van der Waals surface area contributed by atoms with E-state index < -0.39 is 0 Å². The number of rotatable bonds is 2. The van der Waals surface area contributed by atoms with Crippen LogP contribution in [0.4, 0.5) is 0 Å². The largest absolute Gasteiger partial charge is 0.491 e. The van der Waals surface area contributed by atoms with Gasteiger partial charge in [-0.2, -0.15) is 0 Å². The number of H-pyrrole nitrogens is 1. The van der Waals surface area contributed by atoms with Gasteiger partial charge >= 0.3 is 0 Å². The first-order valence-electron chi connectivity index (χ1n) is 4.78. The smallest absolute Gasteiger partial charge is 0.121 e. The normalized spacial score (nSPS) is 11.1. The van der Waals surface area contributed by atoms with Gasteiger partial charge in [0.15, 0.2) is 0 Å². The van der Waals surface area contributed by atoms with Crippen molar-refractivity contribution in [1.82, 2.24) is 9.97 Å². The minimum atomic E-state index is 0.205. The number of fused-ring (bicyclic) bond motifs is 1. The maximum Gasteiger partial charge on any atom is 0.121 e. The summed E-state index contributed by atoms with van der Waals surface area (Å²) in [6, 6.07) is 5.90. The molecular weight excluding hydrogens is 176 g/mol. The topological polar surface area (TPSA) is 37.9 Å². The highest BCUT2D eigenvalue weighted by molar-refractivity contribution is 5.76. The molecule has 0 bridgehead atoms. The summed E-state index contributed by atoms with van der Waals surface area (Å²) >= 11 is 0. The molecule has 0 fully saturated rings. The first-order chi connectivity index (χ1) is 6.65. The summed E-state index contributed by atoms with van der Waals surface area (Å²) in [5.41, 5.74) is 2.01. The molecule has 1 aromatic heterocycles. The lowest BCUT2D eigenvalue weighted by Crippen LogP contribution is -2.05. The molecule has 0 saturated carbocycles. The van der Waals surface area contributed by atoms with Crippen molar-refractivity contribution in [2.75, 3.05) is 0 Å². The van der Waals surface area contributed by atoms with Crippen LogP contribution in [0.25, 0.3) is 11.0 Å². The lowest BCUT2D eigenvalue weighted by Gasteiger charge is -2.08.